The Morgan fingerprint density at radius 2 is 2.42 bits per heavy atom. The number of hydrogen-bond donors (Lipinski definition) is 2. The smallest absolute Gasteiger partial charge is 0.311 e. The molecule has 1 aliphatic rings. The van der Waals surface area contributed by atoms with Crippen LogP contribution >= 0.6 is 0 Å². The van der Waals surface area contributed by atoms with E-state index in [1.165, 1.54) is 6.07 Å². The zero-order valence-corrected chi connectivity index (χ0v) is 10.5. The lowest BCUT2D eigenvalue weighted by Crippen LogP contribution is -2.57. The van der Waals surface area contributed by atoms with Gasteiger partial charge in [-0.1, -0.05) is 0 Å². The van der Waals surface area contributed by atoms with Gasteiger partial charge >= 0.3 is 5.69 Å². The van der Waals surface area contributed by atoms with Gasteiger partial charge in [0.05, 0.1) is 4.92 Å². The van der Waals surface area contributed by atoms with Crippen molar-refractivity contribution in [1.29, 1.82) is 0 Å². The number of nitrogens with zero attached hydrogens (tertiary/aromatic N) is 3. The van der Waals surface area contributed by atoms with E-state index in [0.717, 1.165) is 0 Å². The maximum absolute atomic E-state index is 11.4. The lowest BCUT2D eigenvalue weighted by atomic mass is 10.1. The number of carbonyl (C=O) groups excluding carboxylic acids is 1. The fraction of sp³-hybridized carbons (Fsp3) is 0.455. The summed E-state index contributed by atoms with van der Waals surface area (Å²) < 4.78 is 0. The van der Waals surface area contributed by atoms with Crippen molar-refractivity contribution in [2.24, 2.45) is 5.73 Å². The third-order valence-corrected chi connectivity index (χ3v) is 3.02. The van der Waals surface area contributed by atoms with Crippen LogP contribution in [0, 0.1) is 17.0 Å². The van der Waals surface area contributed by atoms with E-state index in [4.69, 9.17) is 5.73 Å². The first-order valence-corrected chi connectivity index (χ1v) is 5.88. The maximum atomic E-state index is 11.4. The first-order chi connectivity index (χ1) is 9.00. The van der Waals surface area contributed by atoms with Gasteiger partial charge < -0.3 is 16.0 Å². The second kappa shape index (κ2) is 5.19. The molecule has 8 heteroatoms. The highest BCUT2D eigenvalue weighted by atomic mass is 16.6. The van der Waals surface area contributed by atoms with E-state index in [2.05, 4.69) is 10.3 Å². The standard InChI is InChI=1S/C11H15N5O3/c1-7-4-8(16(18)19)11(14-5-7)15-3-2-13-6-9(15)10(12)17/h4-5,9,13H,2-3,6H2,1H3,(H2,12,17). The van der Waals surface area contributed by atoms with Crippen LogP contribution in [0.15, 0.2) is 12.3 Å². The molecule has 8 nitrogen and oxygen atoms in total. The molecular formula is C11H15N5O3. The second-order valence-corrected chi connectivity index (χ2v) is 4.43. The van der Waals surface area contributed by atoms with Crippen molar-refractivity contribution in [3.63, 3.8) is 0 Å². The number of carbonyl (C=O) groups is 1. The summed E-state index contributed by atoms with van der Waals surface area (Å²) in [6.07, 6.45) is 1.54. The first-order valence-electron chi connectivity index (χ1n) is 5.88. The van der Waals surface area contributed by atoms with Gasteiger partial charge in [0.25, 0.3) is 0 Å². The Hall–Kier alpha value is -2.22. The third-order valence-electron chi connectivity index (χ3n) is 3.02. The van der Waals surface area contributed by atoms with Crippen LogP contribution in [-0.2, 0) is 4.79 Å². The van der Waals surface area contributed by atoms with Crippen LogP contribution in [0.2, 0.25) is 0 Å². The van der Waals surface area contributed by atoms with E-state index >= 15 is 0 Å². The quantitative estimate of drug-likeness (QED) is 0.565. The lowest BCUT2D eigenvalue weighted by Gasteiger charge is -2.34. The van der Waals surface area contributed by atoms with Crippen molar-refractivity contribution in [2.75, 3.05) is 24.5 Å². The SMILES string of the molecule is Cc1cnc(N2CCNCC2C(N)=O)c([N+](=O)[O-])c1. The summed E-state index contributed by atoms with van der Waals surface area (Å²) >= 11 is 0. The van der Waals surface area contributed by atoms with Gasteiger partial charge in [-0.25, -0.2) is 4.98 Å². The molecule has 1 unspecified atom stereocenters. The molecule has 2 rings (SSSR count). The number of primary amides is 1. The van der Waals surface area contributed by atoms with Crippen LogP contribution in [0.5, 0.6) is 0 Å². The fourth-order valence-electron chi connectivity index (χ4n) is 2.11. The maximum Gasteiger partial charge on any atom is 0.311 e. The molecule has 1 aliphatic heterocycles. The molecule has 1 aromatic rings. The second-order valence-electron chi connectivity index (χ2n) is 4.43. The molecule has 0 aliphatic carbocycles. The third kappa shape index (κ3) is 2.63. The highest BCUT2D eigenvalue weighted by molar-refractivity contribution is 5.84. The van der Waals surface area contributed by atoms with Crippen molar-refractivity contribution >= 4 is 17.4 Å². The van der Waals surface area contributed by atoms with Crippen molar-refractivity contribution in [3.8, 4) is 0 Å². The van der Waals surface area contributed by atoms with Gasteiger partial charge in [-0.2, -0.15) is 0 Å². The molecule has 0 spiro atoms. The van der Waals surface area contributed by atoms with Crippen LogP contribution in [0.3, 0.4) is 0 Å². The van der Waals surface area contributed by atoms with E-state index in [1.54, 1.807) is 18.0 Å². The molecule has 0 radical (unpaired) electrons. The molecular weight excluding hydrogens is 250 g/mol. The summed E-state index contributed by atoms with van der Waals surface area (Å²) in [5, 5.41) is 14.1. The number of amides is 1. The number of aromatic nitrogens is 1. The number of piperazine rings is 1. The number of rotatable bonds is 3. The summed E-state index contributed by atoms with van der Waals surface area (Å²) in [5.74, 6) is -0.329. The van der Waals surface area contributed by atoms with E-state index in [-0.39, 0.29) is 11.5 Å². The van der Waals surface area contributed by atoms with Gasteiger partial charge in [-0.3, -0.25) is 14.9 Å². The largest absolute Gasteiger partial charge is 0.368 e. The predicted molar refractivity (Wildman–Crippen MR) is 68.8 cm³/mol. The molecule has 1 saturated heterocycles. The minimum atomic E-state index is -0.623. The Morgan fingerprint density at radius 3 is 3.05 bits per heavy atom. The number of anilines is 1. The van der Waals surface area contributed by atoms with Gasteiger partial charge in [0.2, 0.25) is 11.7 Å². The Balaban J connectivity index is 2.44. The van der Waals surface area contributed by atoms with Gasteiger partial charge in [0.1, 0.15) is 6.04 Å². The molecule has 1 fully saturated rings. The molecule has 0 aromatic carbocycles. The molecule has 19 heavy (non-hydrogen) atoms. The lowest BCUT2D eigenvalue weighted by molar-refractivity contribution is -0.384. The summed E-state index contributed by atoms with van der Waals surface area (Å²) in [4.78, 5) is 27.7. The van der Waals surface area contributed by atoms with E-state index in [9.17, 15) is 14.9 Å². The molecule has 1 amide bonds. The highest BCUT2D eigenvalue weighted by Gasteiger charge is 2.32. The van der Waals surface area contributed by atoms with Crippen molar-refractivity contribution in [2.45, 2.75) is 13.0 Å². The van der Waals surface area contributed by atoms with Crippen molar-refractivity contribution < 1.29 is 9.72 Å². The molecule has 102 valence electrons. The highest BCUT2D eigenvalue weighted by Crippen LogP contribution is 2.28. The number of pyridine rings is 1. The number of aryl methyl sites for hydroxylation is 1. The van der Waals surface area contributed by atoms with Gasteiger partial charge in [0, 0.05) is 31.9 Å². The number of nitrogens with one attached hydrogen (secondary N) is 1. The Kier molecular flexibility index (Phi) is 3.61. The van der Waals surface area contributed by atoms with Crippen LogP contribution in [0.25, 0.3) is 0 Å². The summed E-state index contributed by atoms with van der Waals surface area (Å²) in [6, 6.07) is 0.824. The fourth-order valence-corrected chi connectivity index (χ4v) is 2.11. The first kappa shape index (κ1) is 13.2. The predicted octanol–water partition coefficient (Wildman–Crippen LogP) is -0.438. The van der Waals surface area contributed by atoms with Crippen molar-refractivity contribution in [3.05, 3.63) is 27.9 Å². The van der Waals surface area contributed by atoms with Crippen LogP contribution in [0.1, 0.15) is 5.56 Å². The minimum absolute atomic E-state index is 0.104. The zero-order chi connectivity index (χ0) is 14.0. The molecule has 0 bridgehead atoms. The molecule has 1 atom stereocenters. The van der Waals surface area contributed by atoms with Crippen LogP contribution in [-0.4, -0.2) is 41.5 Å². The molecule has 0 saturated carbocycles. The number of nitro groups is 1. The van der Waals surface area contributed by atoms with E-state index < -0.39 is 16.9 Å². The number of hydrogen-bond acceptors (Lipinski definition) is 6. The average molecular weight is 265 g/mol. The van der Waals surface area contributed by atoms with E-state index in [1.807, 2.05) is 0 Å². The van der Waals surface area contributed by atoms with Crippen molar-refractivity contribution in [1.82, 2.24) is 10.3 Å². The molecule has 2 heterocycles. The van der Waals surface area contributed by atoms with Gasteiger partial charge in [0.15, 0.2) is 0 Å². The topological polar surface area (TPSA) is 114 Å². The Morgan fingerprint density at radius 1 is 1.68 bits per heavy atom. The Bertz CT molecular complexity index is 519. The van der Waals surface area contributed by atoms with E-state index in [0.29, 0.717) is 25.2 Å². The van der Waals surface area contributed by atoms with Crippen LogP contribution in [0.4, 0.5) is 11.5 Å². The average Bonchev–Trinajstić information content (AvgIpc) is 2.38. The van der Waals surface area contributed by atoms with Crippen LogP contribution < -0.4 is 16.0 Å². The minimum Gasteiger partial charge on any atom is -0.368 e. The molecule has 1 aromatic heterocycles. The normalized spacial score (nSPS) is 19.2. The summed E-state index contributed by atoms with van der Waals surface area (Å²) in [7, 11) is 0. The summed E-state index contributed by atoms with van der Waals surface area (Å²) in [6.45, 7) is 3.16. The van der Waals surface area contributed by atoms with Gasteiger partial charge in [-0.05, 0) is 12.5 Å². The Labute approximate surface area is 109 Å². The number of nitrogens with two attached hydrogens (primary N) is 1. The zero-order valence-electron chi connectivity index (χ0n) is 10.5. The monoisotopic (exact) mass is 265 g/mol. The molecule has 3 N–H and O–H groups in total. The summed E-state index contributed by atoms with van der Waals surface area (Å²) in [5.41, 5.74) is 5.92. The van der Waals surface area contributed by atoms with Gasteiger partial charge in [-0.15, -0.1) is 0 Å².